The van der Waals surface area contributed by atoms with Gasteiger partial charge in [0.05, 0.1) is 6.54 Å². The molecule has 0 atom stereocenters. The molecule has 0 radical (unpaired) electrons. The highest BCUT2D eigenvalue weighted by atomic mass is 16.1. The van der Waals surface area contributed by atoms with Gasteiger partial charge in [0.1, 0.15) is 5.78 Å². The molecule has 1 rings (SSSR count). The van der Waals surface area contributed by atoms with Crippen LogP contribution in [0.1, 0.15) is 12.0 Å². The molecule has 1 aromatic heterocycles. The Morgan fingerprint density at radius 2 is 2.08 bits per heavy atom. The van der Waals surface area contributed by atoms with Crippen molar-refractivity contribution in [2.45, 2.75) is 12.8 Å². The fourth-order valence-corrected chi connectivity index (χ4v) is 0.935. The van der Waals surface area contributed by atoms with E-state index in [1.807, 2.05) is 12.1 Å². The highest BCUT2D eigenvalue weighted by Gasteiger charge is 1.98. The lowest BCUT2D eigenvalue weighted by Gasteiger charge is -1.97. The van der Waals surface area contributed by atoms with Gasteiger partial charge in [0.15, 0.2) is 0 Å². The van der Waals surface area contributed by atoms with Crippen molar-refractivity contribution in [1.29, 1.82) is 0 Å². The third-order valence-electron chi connectivity index (χ3n) is 1.67. The first-order valence-corrected chi connectivity index (χ1v) is 3.93. The van der Waals surface area contributed by atoms with Crippen molar-refractivity contribution in [2.24, 2.45) is 5.73 Å². The van der Waals surface area contributed by atoms with Gasteiger partial charge in [0.25, 0.3) is 0 Å². The van der Waals surface area contributed by atoms with Crippen molar-refractivity contribution in [3.63, 3.8) is 0 Å². The molecule has 0 aliphatic heterocycles. The smallest absolute Gasteiger partial charge is 0.146 e. The van der Waals surface area contributed by atoms with Crippen molar-refractivity contribution >= 4 is 5.78 Å². The molecule has 0 bridgehead atoms. The summed E-state index contributed by atoms with van der Waals surface area (Å²) < 4.78 is 0. The largest absolute Gasteiger partial charge is 0.324 e. The van der Waals surface area contributed by atoms with Gasteiger partial charge in [-0.25, -0.2) is 0 Å². The molecule has 0 amide bonds. The molecule has 3 nitrogen and oxygen atoms in total. The van der Waals surface area contributed by atoms with Crippen LogP contribution in [0.2, 0.25) is 0 Å². The second-order valence-corrected chi connectivity index (χ2v) is 2.60. The van der Waals surface area contributed by atoms with Crippen LogP contribution in [0.3, 0.4) is 0 Å². The average Bonchev–Trinajstić information content (AvgIpc) is 2.16. The molecule has 0 spiro atoms. The van der Waals surface area contributed by atoms with Gasteiger partial charge >= 0.3 is 0 Å². The van der Waals surface area contributed by atoms with Crippen LogP contribution in [0.5, 0.6) is 0 Å². The van der Waals surface area contributed by atoms with E-state index in [1.165, 1.54) is 0 Å². The summed E-state index contributed by atoms with van der Waals surface area (Å²) in [5, 5.41) is 0. The predicted octanol–water partition coefficient (Wildman–Crippen LogP) is 0.542. The summed E-state index contributed by atoms with van der Waals surface area (Å²) in [7, 11) is 0. The summed E-state index contributed by atoms with van der Waals surface area (Å²) in [6.07, 6.45) is 4.74. The molecule has 3 heteroatoms. The third-order valence-corrected chi connectivity index (χ3v) is 1.67. The van der Waals surface area contributed by atoms with E-state index in [-0.39, 0.29) is 12.3 Å². The van der Waals surface area contributed by atoms with E-state index in [2.05, 4.69) is 4.98 Å². The van der Waals surface area contributed by atoms with E-state index in [0.717, 1.165) is 12.0 Å². The number of nitrogens with two attached hydrogens (primary N) is 1. The number of hydrogen-bond donors (Lipinski definition) is 1. The molecule has 0 aliphatic rings. The highest BCUT2D eigenvalue weighted by Crippen LogP contribution is 2.00. The maximum absolute atomic E-state index is 10.8. The molecule has 0 saturated heterocycles. The number of hydrogen-bond acceptors (Lipinski definition) is 3. The standard InChI is InChI=1S/C9H12N2O/c10-7-9(12)2-1-8-3-5-11-6-4-8/h3-6H,1-2,7,10H2. The van der Waals surface area contributed by atoms with Crippen molar-refractivity contribution < 1.29 is 4.79 Å². The molecular weight excluding hydrogens is 152 g/mol. The molecule has 64 valence electrons. The minimum Gasteiger partial charge on any atom is -0.324 e. The third kappa shape index (κ3) is 2.80. The van der Waals surface area contributed by atoms with Crippen LogP contribution < -0.4 is 5.73 Å². The molecule has 0 aromatic carbocycles. The Balaban J connectivity index is 2.38. The summed E-state index contributed by atoms with van der Waals surface area (Å²) in [5.74, 6) is 0.104. The van der Waals surface area contributed by atoms with E-state index < -0.39 is 0 Å². The summed E-state index contributed by atoms with van der Waals surface area (Å²) >= 11 is 0. The van der Waals surface area contributed by atoms with Crippen LogP contribution in [0, 0.1) is 0 Å². The van der Waals surface area contributed by atoms with Crippen molar-refractivity contribution in [2.75, 3.05) is 6.54 Å². The van der Waals surface area contributed by atoms with Gasteiger partial charge < -0.3 is 5.73 Å². The average molecular weight is 164 g/mol. The SMILES string of the molecule is NCC(=O)CCc1ccncc1. The number of nitrogens with zero attached hydrogens (tertiary/aromatic N) is 1. The summed E-state index contributed by atoms with van der Waals surface area (Å²) in [6, 6.07) is 3.81. The Labute approximate surface area is 71.6 Å². The molecule has 0 aliphatic carbocycles. The number of carbonyl (C=O) groups excluding carboxylic acids is 1. The minimum absolute atomic E-state index is 0.104. The Morgan fingerprint density at radius 1 is 1.42 bits per heavy atom. The van der Waals surface area contributed by atoms with E-state index >= 15 is 0 Å². The number of carbonyl (C=O) groups is 1. The highest BCUT2D eigenvalue weighted by molar-refractivity contribution is 5.80. The van der Waals surface area contributed by atoms with Crippen LogP contribution >= 0.6 is 0 Å². The minimum atomic E-state index is 0.104. The second kappa shape index (κ2) is 4.62. The van der Waals surface area contributed by atoms with Gasteiger partial charge in [-0.15, -0.1) is 0 Å². The molecule has 0 unspecified atom stereocenters. The van der Waals surface area contributed by atoms with Crippen molar-refractivity contribution in [3.05, 3.63) is 30.1 Å². The van der Waals surface area contributed by atoms with Gasteiger partial charge in [0.2, 0.25) is 0 Å². The van der Waals surface area contributed by atoms with Gasteiger partial charge in [-0.2, -0.15) is 0 Å². The zero-order chi connectivity index (χ0) is 8.81. The summed E-state index contributed by atoms with van der Waals surface area (Å²) in [4.78, 5) is 14.7. The van der Waals surface area contributed by atoms with Crippen LogP contribution in [-0.4, -0.2) is 17.3 Å². The van der Waals surface area contributed by atoms with Crippen LogP contribution in [0.15, 0.2) is 24.5 Å². The topological polar surface area (TPSA) is 56.0 Å². The fraction of sp³-hybridized carbons (Fsp3) is 0.333. The monoisotopic (exact) mass is 164 g/mol. The summed E-state index contributed by atoms with van der Waals surface area (Å²) in [6.45, 7) is 0.144. The van der Waals surface area contributed by atoms with Crippen LogP contribution in [0.4, 0.5) is 0 Å². The first kappa shape index (κ1) is 8.87. The summed E-state index contributed by atoms with van der Waals surface area (Å²) in [5.41, 5.74) is 6.31. The van der Waals surface area contributed by atoms with Crippen molar-refractivity contribution in [1.82, 2.24) is 4.98 Å². The van der Waals surface area contributed by atoms with Gasteiger partial charge in [0, 0.05) is 18.8 Å². The fourth-order valence-electron chi connectivity index (χ4n) is 0.935. The Kier molecular flexibility index (Phi) is 3.41. The molecule has 2 N–H and O–H groups in total. The lowest BCUT2D eigenvalue weighted by atomic mass is 10.1. The van der Waals surface area contributed by atoms with Gasteiger partial charge in [-0.3, -0.25) is 9.78 Å². The number of ketones is 1. The van der Waals surface area contributed by atoms with E-state index in [1.54, 1.807) is 12.4 Å². The molecular formula is C9H12N2O. The number of rotatable bonds is 4. The Morgan fingerprint density at radius 3 is 2.67 bits per heavy atom. The van der Waals surface area contributed by atoms with Crippen LogP contribution in [0.25, 0.3) is 0 Å². The van der Waals surface area contributed by atoms with E-state index in [9.17, 15) is 4.79 Å². The zero-order valence-electron chi connectivity index (χ0n) is 6.86. The first-order chi connectivity index (χ1) is 5.83. The molecule has 0 fully saturated rings. The quantitative estimate of drug-likeness (QED) is 0.706. The lowest BCUT2D eigenvalue weighted by Crippen LogP contribution is -2.13. The first-order valence-electron chi connectivity index (χ1n) is 3.93. The molecule has 1 aromatic rings. The van der Waals surface area contributed by atoms with E-state index in [4.69, 9.17) is 5.73 Å². The van der Waals surface area contributed by atoms with Gasteiger partial charge in [-0.05, 0) is 24.1 Å². The number of aromatic nitrogens is 1. The van der Waals surface area contributed by atoms with E-state index in [0.29, 0.717) is 6.42 Å². The maximum atomic E-state index is 10.8. The molecule has 0 saturated carbocycles. The number of aryl methyl sites for hydroxylation is 1. The van der Waals surface area contributed by atoms with Gasteiger partial charge in [-0.1, -0.05) is 0 Å². The van der Waals surface area contributed by atoms with Crippen LogP contribution in [-0.2, 0) is 11.2 Å². The maximum Gasteiger partial charge on any atom is 0.146 e. The Hall–Kier alpha value is -1.22. The van der Waals surface area contributed by atoms with Crippen molar-refractivity contribution in [3.8, 4) is 0 Å². The Bertz CT molecular complexity index is 246. The number of pyridine rings is 1. The second-order valence-electron chi connectivity index (χ2n) is 2.60. The molecule has 12 heavy (non-hydrogen) atoms. The normalized spacial score (nSPS) is 9.75. The zero-order valence-corrected chi connectivity index (χ0v) is 6.86. The number of Topliss-reactive ketones (excluding diaryl/α,β-unsaturated/α-hetero) is 1. The molecule has 1 heterocycles. The lowest BCUT2D eigenvalue weighted by molar-refractivity contribution is -0.117. The predicted molar refractivity (Wildman–Crippen MR) is 46.6 cm³/mol.